The van der Waals surface area contributed by atoms with Gasteiger partial charge in [0.25, 0.3) is 0 Å². The van der Waals surface area contributed by atoms with Crippen molar-refractivity contribution in [2.24, 2.45) is 0 Å². The van der Waals surface area contributed by atoms with E-state index in [1.807, 2.05) is 14.2 Å². The zero-order valence-electron chi connectivity index (χ0n) is 9.85. The number of rotatable bonds is 4. The Kier molecular flexibility index (Phi) is 3.93. The molecule has 1 unspecified atom stereocenters. The first kappa shape index (κ1) is 12.0. The van der Waals surface area contributed by atoms with E-state index in [1.54, 1.807) is 0 Å². The van der Waals surface area contributed by atoms with Crippen LogP contribution in [-0.2, 0) is 9.47 Å². The van der Waals surface area contributed by atoms with E-state index in [-0.39, 0.29) is 11.2 Å². The zero-order chi connectivity index (χ0) is 10.7. The van der Waals surface area contributed by atoms with Gasteiger partial charge in [-0.15, -0.1) is 0 Å². The molecule has 3 heteroatoms. The molecule has 0 aromatic carbocycles. The van der Waals surface area contributed by atoms with Gasteiger partial charge in [-0.25, -0.2) is 0 Å². The predicted molar refractivity (Wildman–Crippen MR) is 57.5 cm³/mol. The van der Waals surface area contributed by atoms with Crippen molar-refractivity contribution in [3.63, 3.8) is 0 Å². The zero-order valence-corrected chi connectivity index (χ0v) is 9.85. The number of ether oxygens (including phenoxy) is 2. The second kappa shape index (κ2) is 4.60. The molecule has 0 bridgehead atoms. The third-order valence-corrected chi connectivity index (χ3v) is 3.06. The van der Waals surface area contributed by atoms with Gasteiger partial charge in [0, 0.05) is 13.5 Å². The molecular weight excluding hydrogens is 178 g/mol. The summed E-state index contributed by atoms with van der Waals surface area (Å²) < 4.78 is 11.4. The highest BCUT2D eigenvalue weighted by Gasteiger charge is 2.40. The molecule has 0 aromatic heterocycles. The van der Waals surface area contributed by atoms with Crippen molar-refractivity contribution < 1.29 is 9.47 Å². The highest BCUT2D eigenvalue weighted by Crippen LogP contribution is 2.36. The Morgan fingerprint density at radius 1 is 1.43 bits per heavy atom. The SMILES string of the molecule is CNCCC1(OC)CCOC(C)(C)C1. The van der Waals surface area contributed by atoms with Crippen LogP contribution in [0.2, 0.25) is 0 Å². The Hall–Kier alpha value is -0.120. The highest BCUT2D eigenvalue weighted by atomic mass is 16.5. The van der Waals surface area contributed by atoms with Crippen molar-refractivity contribution in [1.29, 1.82) is 0 Å². The predicted octanol–water partition coefficient (Wildman–Crippen LogP) is 1.57. The van der Waals surface area contributed by atoms with Crippen LogP contribution in [0.15, 0.2) is 0 Å². The van der Waals surface area contributed by atoms with Crippen molar-refractivity contribution in [3.05, 3.63) is 0 Å². The molecule has 1 aliphatic rings. The lowest BCUT2D eigenvalue weighted by Crippen LogP contribution is -2.48. The van der Waals surface area contributed by atoms with Gasteiger partial charge in [-0.3, -0.25) is 0 Å². The van der Waals surface area contributed by atoms with E-state index in [9.17, 15) is 0 Å². The van der Waals surface area contributed by atoms with Crippen LogP contribution in [0, 0.1) is 0 Å². The summed E-state index contributed by atoms with van der Waals surface area (Å²) in [6.45, 7) is 6.09. The summed E-state index contributed by atoms with van der Waals surface area (Å²) in [4.78, 5) is 0. The average molecular weight is 201 g/mol. The molecule has 1 saturated heterocycles. The quantitative estimate of drug-likeness (QED) is 0.749. The summed E-state index contributed by atoms with van der Waals surface area (Å²) in [5.74, 6) is 0. The van der Waals surface area contributed by atoms with E-state index < -0.39 is 0 Å². The van der Waals surface area contributed by atoms with Gasteiger partial charge in [0.15, 0.2) is 0 Å². The maximum absolute atomic E-state index is 5.70. The Balaban J connectivity index is 2.58. The van der Waals surface area contributed by atoms with Crippen LogP contribution in [0.1, 0.15) is 33.1 Å². The van der Waals surface area contributed by atoms with E-state index >= 15 is 0 Å². The van der Waals surface area contributed by atoms with Gasteiger partial charge in [-0.1, -0.05) is 0 Å². The minimum Gasteiger partial charge on any atom is -0.378 e. The summed E-state index contributed by atoms with van der Waals surface area (Å²) in [6, 6.07) is 0. The van der Waals surface area contributed by atoms with Crippen molar-refractivity contribution in [2.75, 3.05) is 27.3 Å². The van der Waals surface area contributed by atoms with E-state index in [0.29, 0.717) is 0 Å². The fourth-order valence-corrected chi connectivity index (χ4v) is 2.27. The number of nitrogens with one attached hydrogen (secondary N) is 1. The Labute approximate surface area is 87.2 Å². The van der Waals surface area contributed by atoms with Crippen molar-refractivity contribution in [1.82, 2.24) is 5.32 Å². The molecule has 0 aromatic rings. The van der Waals surface area contributed by atoms with Gasteiger partial charge >= 0.3 is 0 Å². The molecule has 1 heterocycles. The molecular formula is C11H23NO2. The summed E-state index contributed by atoms with van der Waals surface area (Å²) in [5.41, 5.74) is -0.0211. The largest absolute Gasteiger partial charge is 0.378 e. The fourth-order valence-electron chi connectivity index (χ4n) is 2.27. The molecule has 14 heavy (non-hydrogen) atoms. The topological polar surface area (TPSA) is 30.5 Å². The number of methoxy groups -OCH3 is 1. The maximum atomic E-state index is 5.70. The summed E-state index contributed by atoms with van der Waals surface area (Å²) in [6.07, 6.45) is 3.06. The van der Waals surface area contributed by atoms with Gasteiger partial charge in [-0.05, 0) is 40.3 Å². The Morgan fingerprint density at radius 2 is 2.14 bits per heavy atom. The molecule has 1 fully saturated rings. The third-order valence-electron chi connectivity index (χ3n) is 3.06. The van der Waals surface area contributed by atoms with Crippen LogP contribution < -0.4 is 5.32 Å². The minimum absolute atomic E-state index is 0.0186. The van der Waals surface area contributed by atoms with Crippen molar-refractivity contribution in [2.45, 2.75) is 44.3 Å². The molecule has 0 amide bonds. The van der Waals surface area contributed by atoms with Gasteiger partial charge < -0.3 is 14.8 Å². The van der Waals surface area contributed by atoms with E-state index in [2.05, 4.69) is 19.2 Å². The van der Waals surface area contributed by atoms with Crippen LogP contribution in [-0.4, -0.2) is 38.5 Å². The van der Waals surface area contributed by atoms with Crippen molar-refractivity contribution >= 4 is 0 Å². The van der Waals surface area contributed by atoms with Crippen LogP contribution in [0.3, 0.4) is 0 Å². The molecule has 1 aliphatic heterocycles. The summed E-state index contributed by atoms with van der Waals surface area (Å²) in [7, 11) is 3.80. The molecule has 1 N–H and O–H groups in total. The smallest absolute Gasteiger partial charge is 0.0740 e. The molecule has 0 radical (unpaired) electrons. The van der Waals surface area contributed by atoms with E-state index in [0.717, 1.165) is 32.4 Å². The third kappa shape index (κ3) is 2.94. The normalized spacial score (nSPS) is 31.7. The van der Waals surface area contributed by atoms with Crippen LogP contribution in [0.4, 0.5) is 0 Å². The maximum Gasteiger partial charge on any atom is 0.0740 e. The van der Waals surface area contributed by atoms with Crippen LogP contribution in [0.25, 0.3) is 0 Å². The second-order valence-corrected chi connectivity index (χ2v) is 4.78. The lowest BCUT2D eigenvalue weighted by molar-refractivity contribution is -0.160. The summed E-state index contributed by atoms with van der Waals surface area (Å²) in [5, 5.41) is 3.18. The van der Waals surface area contributed by atoms with E-state index in [1.165, 1.54) is 0 Å². The number of hydrogen-bond donors (Lipinski definition) is 1. The van der Waals surface area contributed by atoms with Gasteiger partial charge in [0.1, 0.15) is 0 Å². The molecule has 3 nitrogen and oxygen atoms in total. The molecule has 0 aliphatic carbocycles. The lowest BCUT2D eigenvalue weighted by Gasteiger charge is -2.44. The Morgan fingerprint density at radius 3 is 2.64 bits per heavy atom. The molecule has 0 spiro atoms. The van der Waals surface area contributed by atoms with Gasteiger partial charge in [0.05, 0.1) is 17.8 Å². The van der Waals surface area contributed by atoms with Crippen LogP contribution in [0.5, 0.6) is 0 Å². The van der Waals surface area contributed by atoms with Crippen molar-refractivity contribution in [3.8, 4) is 0 Å². The highest BCUT2D eigenvalue weighted by molar-refractivity contribution is 4.92. The lowest BCUT2D eigenvalue weighted by atomic mass is 9.82. The first-order valence-corrected chi connectivity index (χ1v) is 5.37. The standard InChI is InChI=1S/C11H23NO2/c1-10(2)9-11(13-4,5-7-12-3)6-8-14-10/h12H,5-9H2,1-4H3. The molecule has 1 atom stereocenters. The first-order chi connectivity index (χ1) is 6.54. The minimum atomic E-state index is -0.0397. The van der Waals surface area contributed by atoms with Crippen LogP contribution >= 0.6 is 0 Å². The average Bonchev–Trinajstić information content (AvgIpc) is 2.13. The summed E-state index contributed by atoms with van der Waals surface area (Å²) >= 11 is 0. The number of hydrogen-bond acceptors (Lipinski definition) is 3. The molecule has 84 valence electrons. The monoisotopic (exact) mass is 201 g/mol. The van der Waals surface area contributed by atoms with E-state index in [4.69, 9.17) is 9.47 Å². The van der Waals surface area contributed by atoms with Gasteiger partial charge in [-0.2, -0.15) is 0 Å². The Bertz CT molecular complexity index is 182. The van der Waals surface area contributed by atoms with Gasteiger partial charge in [0.2, 0.25) is 0 Å². The first-order valence-electron chi connectivity index (χ1n) is 5.37. The fraction of sp³-hybridized carbons (Fsp3) is 1.00. The molecule has 0 saturated carbocycles. The second-order valence-electron chi connectivity index (χ2n) is 4.78. The molecule has 1 rings (SSSR count).